The summed E-state index contributed by atoms with van der Waals surface area (Å²) in [6.07, 6.45) is -0.606. The first-order chi connectivity index (χ1) is 7.64. The van der Waals surface area contributed by atoms with Crippen molar-refractivity contribution in [3.63, 3.8) is 0 Å². The number of carboxylic acid groups (broad SMARTS) is 1. The summed E-state index contributed by atoms with van der Waals surface area (Å²) in [6.45, 7) is 7.75. The third-order valence-electron chi connectivity index (χ3n) is 3.52. The average molecular weight is 243 g/mol. The van der Waals surface area contributed by atoms with Crippen LogP contribution in [-0.2, 0) is 9.59 Å². The van der Waals surface area contributed by atoms with Crippen LogP contribution in [0.5, 0.6) is 0 Å². The minimum atomic E-state index is -1.05. The predicted octanol–water partition coefficient (Wildman–Crippen LogP) is 0.715. The molecule has 1 saturated heterocycles. The van der Waals surface area contributed by atoms with Gasteiger partial charge >= 0.3 is 5.97 Å². The van der Waals surface area contributed by atoms with Crippen LogP contribution in [0.1, 0.15) is 34.1 Å². The van der Waals surface area contributed by atoms with Gasteiger partial charge in [-0.15, -0.1) is 0 Å². The largest absolute Gasteiger partial charge is 0.480 e. The number of aliphatic hydroxyl groups is 1. The van der Waals surface area contributed by atoms with Crippen LogP contribution in [0.25, 0.3) is 0 Å². The van der Waals surface area contributed by atoms with Crippen molar-refractivity contribution in [2.45, 2.75) is 46.3 Å². The highest BCUT2D eigenvalue weighted by molar-refractivity contribution is 5.86. The SMILES string of the molecule is C[C@H](C(=O)N1C[C@H](O)CC1C(=O)O)C(C)(C)C. The van der Waals surface area contributed by atoms with Crippen LogP contribution in [0.2, 0.25) is 0 Å². The summed E-state index contributed by atoms with van der Waals surface area (Å²) < 4.78 is 0. The van der Waals surface area contributed by atoms with Gasteiger partial charge in [-0.3, -0.25) is 4.79 Å². The van der Waals surface area contributed by atoms with Gasteiger partial charge in [-0.25, -0.2) is 4.79 Å². The van der Waals surface area contributed by atoms with Crippen LogP contribution in [0.15, 0.2) is 0 Å². The number of carbonyl (C=O) groups excluding carboxylic acids is 1. The highest BCUT2D eigenvalue weighted by Gasteiger charge is 2.42. The number of hydrogen-bond acceptors (Lipinski definition) is 3. The third-order valence-corrected chi connectivity index (χ3v) is 3.52. The van der Waals surface area contributed by atoms with E-state index in [1.165, 1.54) is 4.90 Å². The van der Waals surface area contributed by atoms with Gasteiger partial charge in [0.15, 0.2) is 0 Å². The summed E-state index contributed by atoms with van der Waals surface area (Å²) in [5.41, 5.74) is -0.215. The Morgan fingerprint density at radius 2 is 1.88 bits per heavy atom. The quantitative estimate of drug-likeness (QED) is 0.749. The van der Waals surface area contributed by atoms with Crippen molar-refractivity contribution >= 4 is 11.9 Å². The molecule has 0 aromatic rings. The van der Waals surface area contributed by atoms with Crippen molar-refractivity contribution < 1.29 is 19.8 Å². The standard InChI is InChI=1S/C12H21NO4/c1-7(12(2,3)4)10(15)13-6-8(14)5-9(13)11(16)17/h7-9,14H,5-6H2,1-4H3,(H,16,17)/t7-,8-,9?/m1/s1. The third kappa shape index (κ3) is 2.97. The Kier molecular flexibility index (Phi) is 3.81. The zero-order valence-electron chi connectivity index (χ0n) is 10.8. The lowest BCUT2D eigenvalue weighted by molar-refractivity contribution is -0.151. The molecule has 5 heteroatoms. The molecule has 1 unspecified atom stereocenters. The first-order valence-corrected chi connectivity index (χ1v) is 5.86. The number of likely N-dealkylation sites (tertiary alicyclic amines) is 1. The summed E-state index contributed by atoms with van der Waals surface area (Å²) >= 11 is 0. The Labute approximate surface area is 101 Å². The Morgan fingerprint density at radius 3 is 2.29 bits per heavy atom. The van der Waals surface area contributed by atoms with Crippen LogP contribution < -0.4 is 0 Å². The number of amides is 1. The summed E-state index contributed by atoms with van der Waals surface area (Å²) in [5, 5.41) is 18.5. The molecule has 0 aliphatic carbocycles. The summed E-state index contributed by atoms with van der Waals surface area (Å²) in [5.74, 6) is -1.51. The topological polar surface area (TPSA) is 77.8 Å². The number of carbonyl (C=O) groups is 2. The van der Waals surface area contributed by atoms with E-state index in [1.807, 2.05) is 20.8 Å². The molecule has 5 nitrogen and oxygen atoms in total. The van der Waals surface area contributed by atoms with Crippen molar-refractivity contribution in [1.82, 2.24) is 4.90 Å². The van der Waals surface area contributed by atoms with Crippen LogP contribution in [0.4, 0.5) is 0 Å². The number of aliphatic carboxylic acids is 1. The van der Waals surface area contributed by atoms with Gasteiger partial charge in [0, 0.05) is 18.9 Å². The smallest absolute Gasteiger partial charge is 0.326 e. The number of carboxylic acids is 1. The summed E-state index contributed by atoms with van der Waals surface area (Å²) in [6, 6.07) is -0.887. The van der Waals surface area contributed by atoms with Crippen molar-refractivity contribution in [2.24, 2.45) is 11.3 Å². The van der Waals surface area contributed by atoms with Gasteiger partial charge in [0.2, 0.25) is 5.91 Å². The second kappa shape index (κ2) is 4.64. The predicted molar refractivity (Wildman–Crippen MR) is 62.4 cm³/mol. The Hall–Kier alpha value is -1.10. The van der Waals surface area contributed by atoms with Crippen LogP contribution >= 0.6 is 0 Å². The fraction of sp³-hybridized carbons (Fsp3) is 0.833. The van der Waals surface area contributed by atoms with Crippen LogP contribution in [-0.4, -0.2) is 45.7 Å². The second-order valence-electron chi connectivity index (χ2n) is 5.82. The molecule has 0 saturated carbocycles. The van der Waals surface area contributed by atoms with Gasteiger partial charge in [-0.1, -0.05) is 27.7 Å². The normalized spacial score (nSPS) is 27.0. The van der Waals surface area contributed by atoms with E-state index in [0.29, 0.717) is 0 Å². The zero-order valence-corrected chi connectivity index (χ0v) is 10.8. The summed E-state index contributed by atoms with van der Waals surface area (Å²) in [7, 11) is 0. The molecule has 0 aromatic heterocycles. The molecule has 1 aliphatic rings. The Morgan fingerprint density at radius 1 is 1.35 bits per heavy atom. The van der Waals surface area contributed by atoms with Crippen molar-refractivity contribution in [1.29, 1.82) is 0 Å². The number of β-amino-alcohol motifs (C(OH)–C–C–N with tert-alkyl or cyclic N) is 1. The maximum absolute atomic E-state index is 12.2. The fourth-order valence-corrected chi connectivity index (χ4v) is 1.91. The highest BCUT2D eigenvalue weighted by atomic mass is 16.4. The van der Waals surface area contributed by atoms with Crippen molar-refractivity contribution in [3.8, 4) is 0 Å². The van der Waals surface area contributed by atoms with Gasteiger partial charge in [0.1, 0.15) is 6.04 Å². The van der Waals surface area contributed by atoms with Crippen molar-refractivity contribution in [3.05, 3.63) is 0 Å². The lowest BCUT2D eigenvalue weighted by Crippen LogP contribution is -2.45. The molecule has 0 bridgehead atoms. The molecular formula is C12H21NO4. The molecule has 1 aliphatic heterocycles. The Balaban J connectivity index is 2.84. The molecular weight excluding hydrogens is 222 g/mol. The van der Waals surface area contributed by atoms with Gasteiger partial charge in [0.05, 0.1) is 6.10 Å². The number of rotatable bonds is 2. The van der Waals surface area contributed by atoms with E-state index in [1.54, 1.807) is 6.92 Å². The lowest BCUT2D eigenvalue weighted by Gasteiger charge is -2.31. The van der Waals surface area contributed by atoms with Crippen LogP contribution in [0.3, 0.4) is 0 Å². The minimum absolute atomic E-state index is 0.121. The monoisotopic (exact) mass is 243 g/mol. The number of aliphatic hydroxyl groups excluding tert-OH is 1. The number of nitrogens with zero attached hydrogens (tertiary/aromatic N) is 1. The van der Waals surface area contributed by atoms with E-state index in [2.05, 4.69) is 0 Å². The lowest BCUT2D eigenvalue weighted by atomic mass is 9.81. The zero-order chi connectivity index (χ0) is 13.4. The minimum Gasteiger partial charge on any atom is -0.480 e. The maximum atomic E-state index is 12.2. The first-order valence-electron chi connectivity index (χ1n) is 5.86. The fourth-order valence-electron chi connectivity index (χ4n) is 1.91. The second-order valence-corrected chi connectivity index (χ2v) is 5.82. The van der Waals surface area contributed by atoms with E-state index in [0.717, 1.165) is 0 Å². The Bertz CT molecular complexity index is 321. The molecule has 1 heterocycles. The van der Waals surface area contributed by atoms with Gasteiger partial charge in [-0.05, 0) is 5.41 Å². The maximum Gasteiger partial charge on any atom is 0.326 e. The van der Waals surface area contributed by atoms with E-state index < -0.39 is 18.1 Å². The molecule has 1 amide bonds. The molecule has 98 valence electrons. The molecule has 17 heavy (non-hydrogen) atoms. The van der Waals surface area contributed by atoms with Gasteiger partial charge in [0.25, 0.3) is 0 Å². The molecule has 0 radical (unpaired) electrons. The van der Waals surface area contributed by atoms with Crippen molar-refractivity contribution in [2.75, 3.05) is 6.54 Å². The molecule has 2 N–H and O–H groups in total. The van der Waals surface area contributed by atoms with Crippen LogP contribution in [0, 0.1) is 11.3 Å². The van der Waals surface area contributed by atoms with E-state index in [9.17, 15) is 14.7 Å². The highest BCUT2D eigenvalue weighted by Crippen LogP contribution is 2.30. The summed E-state index contributed by atoms with van der Waals surface area (Å²) in [4.78, 5) is 24.5. The van der Waals surface area contributed by atoms with Gasteiger partial charge in [-0.2, -0.15) is 0 Å². The molecule has 3 atom stereocenters. The van der Waals surface area contributed by atoms with E-state index in [-0.39, 0.29) is 30.2 Å². The molecule has 0 spiro atoms. The number of hydrogen-bond donors (Lipinski definition) is 2. The van der Waals surface area contributed by atoms with E-state index in [4.69, 9.17) is 5.11 Å². The average Bonchev–Trinajstić information content (AvgIpc) is 2.56. The van der Waals surface area contributed by atoms with E-state index >= 15 is 0 Å². The first kappa shape index (κ1) is 14.0. The molecule has 1 fully saturated rings. The molecule has 1 rings (SSSR count). The van der Waals surface area contributed by atoms with Gasteiger partial charge < -0.3 is 15.1 Å². The molecule has 0 aromatic carbocycles.